The van der Waals surface area contributed by atoms with Gasteiger partial charge in [-0.15, -0.1) is 0 Å². The summed E-state index contributed by atoms with van der Waals surface area (Å²) >= 11 is 5.79. The highest BCUT2D eigenvalue weighted by molar-refractivity contribution is 7.89. The molecule has 2 aromatic rings. The van der Waals surface area contributed by atoms with Gasteiger partial charge in [0.05, 0.1) is 4.90 Å². The van der Waals surface area contributed by atoms with Gasteiger partial charge in [0, 0.05) is 23.7 Å². The van der Waals surface area contributed by atoms with Crippen molar-refractivity contribution >= 4 is 33.2 Å². The van der Waals surface area contributed by atoms with Crippen molar-refractivity contribution in [3.63, 3.8) is 0 Å². The van der Waals surface area contributed by atoms with Gasteiger partial charge in [0.15, 0.2) is 0 Å². The molecule has 0 fully saturated rings. The van der Waals surface area contributed by atoms with Crippen molar-refractivity contribution in [2.45, 2.75) is 24.7 Å². The molecule has 0 atom stereocenters. The predicted octanol–water partition coefficient (Wildman–Crippen LogP) is 3.21. The molecule has 0 aliphatic rings. The molecule has 2 rings (SSSR count). The quantitative estimate of drug-likeness (QED) is 0.790. The van der Waals surface area contributed by atoms with Crippen molar-refractivity contribution in [1.82, 2.24) is 4.72 Å². The van der Waals surface area contributed by atoms with Crippen molar-refractivity contribution < 1.29 is 13.2 Å². The number of aryl methyl sites for hydroxylation is 1. The first-order chi connectivity index (χ1) is 11.4. The average molecular weight is 367 g/mol. The number of nitrogens with one attached hydrogen (secondary N) is 2. The predicted molar refractivity (Wildman–Crippen MR) is 95.7 cm³/mol. The molecule has 1 amide bonds. The van der Waals surface area contributed by atoms with E-state index in [0.29, 0.717) is 10.7 Å². The molecule has 0 aromatic heterocycles. The van der Waals surface area contributed by atoms with Crippen LogP contribution < -0.4 is 10.0 Å². The summed E-state index contributed by atoms with van der Waals surface area (Å²) in [7, 11) is -3.67. The summed E-state index contributed by atoms with van der Waals surface area (Å²) in [6, 6.07) is 13.5. The van der Waals surface area contributed by atoms with E-state index in [2.05, 4.69) is 17.0 Å². The van der Waals surface area contributed by atoms with E-state index in [-0.39, 0.29) is 23.8 Å². The van der Waals surface area contributed by atoms with Gasteiger partial charge in [0.25, 0.3) is 0 Å². The minimum Gasteiger partial charge on any atom is -0.326 e. The van der Waals surface area contributed by atoms with Crippen LogP contribution in [0.25, 0.3) is 0 Å². The number of carbonyl (C=O) groups is 1. The number of amides is 1. The lowest BCUT2D eigenvalue weighted by Gasteiger charge is -2.08. The number of hydrogen-bond acceptors (Lipinski definition) is 3. The minimum atomic E-state index is -3.67. The molecular formula is C17H19ClN2O3S. The highest BCUT2D eigenvalue weighted by Crippen LogP contribution is 2.15. The lowest BCUT2D eigenvalue weighted by Crippen LogP contribution is -2.27. The fourth-order valence-corrected chi connectivity index (χ4v) is 3.40. The van der Waals surface area contributed by atoms with Gasteiger partial charge in [-0.2, -0.15) is 0 Å². The summed E-state index contributed by atoms with van der Waals surface area (Å²) in [4.78, 5) is 12.0. The summed E-state index contributed by atoms with van der Waals surface area (Å²) < 4.78 is 26.6. The maximum Gasteiger partial charge on any atom is 0.240 e. The fraction of sp³-hybridized carbons (Fsp3) is 0.235. The second kappa shape index (κ2) is 8.28. The Bertz CT molecular complexity index is 805. The molecule has 24 heavy (non-hydrogen) atoms. The van der Waals surface area contributed by atoms with Gasteiger partial charge in [0.1, 0.15) is 0 Å². The Morgan fingerprint density at radius 3 is 2.46 bits per heavy atom. The topological polar surface area (TPSA) is 75.3 Å². The summed E-state index contributed by atoms with van der Waals surface area (Å²) in [5, 5.41) is 3.07. The van der Waals surface area contributed by atoms with Gasteiger partial charge in [-0.25, -0.2) is 13.1 Å². The molecule has 0 bridgehead atoms. The zero-order chi connectivity index (χ0) is 17.6. The van der Waals surface area contributed by atoms with Crippen LogP contribution in [0.1, 0.15) is 18.9 Å². The molecule has 0 saturated carbocycles. The number of anilines is 1. The van der Waals surface area contributed by atoms with Gasteiger partial charge >= 0.3 is 0 Å². The normalized spacial score (nSPS) is 11.2. The Balaban J connectivity index is 1.85. The number of sulfonamides is 1. The highest BCUT2D eigenvalue weighted by Gasteiger charge is 2.14. The first-order valence-electron chi connectivity index (χ1n) is 7.55. The molecule has 0 spiro atoms. The van der Waals surface area contributed by atoms with E-state index in [1.165, 1.54) is 17.7 Å². The Kier molecular flexibility index (Phi) is 6.36. The summed E-state index contributed by atoms with van der Waals surface area (Å²) in [5.41, 5.74) is 1.87. The van der Waals surface area contributed by atoms with Crippen LogP contribution in [0.15, 0.2) is 53.4 Å². The monoisotopic (exact) mass is 366 g/mol. The first kappa shape index (κ1) is 18.4. The maximum atomic E-state index is 12.1. The van der Waals surface area contributed by atoms with E-state index in [0.717, 1.165) is 6.42 Å². The summed E-state index contributed by atoms with van der Waals surface area (Å²) in [6.45, 7) is 2.06. The zero-order valence-electron chi connectivity index (χ0n) is 13.3. The van der Waals surface area contributed by atoms with Crippen molar-refractivity contribution in [3.05, 3.63) is 59.1 Å². The van der Waals surface area contributed by atoms with Crippen LogP contribution in [0, 0.1) is 0 Å². The van der Waals surface area contributed by atoms with Crippen LogP contribution in [-0.4, -0.2) is 20.9 Å². The highest BCUT2D eigenvalue weighted by atomic mass is 35.5. The average Bonchev–Trinajstić information content (AvgIpc) is 2.55. The molecule has 7 heteroatoms. The lowest BCUT2D eigenvalue weighted by atomic mass is 10.1. The second-order valence-electron chi connectivity index (χ2n) is 5.20. The first-order valence-corrected chi connectivity index (χ1v) is 9.41. The van der Waals surface area contributed by atoms with Gasteiger partial charge < -0.3 is 5.32 Å². The van der Waals surface area contributed by atoms with E-state index in [1.54, 1.807) is 12.1 Å². The molecule has 5 nitrogen and oxygen atoms in total. The van der Waals surface area contributed by atoms with E-state index in [4.69, 9.17) is 11.6 Å². The Hall–Kier alpha value is -1.89. The van der Waals surface area contributed by atoms with Gasteiger partial charge in [-0.1, -0.05) is 36.7 Å². The zero-order valence-corrected chi connectivity index (χ0v) is 14.8. The van der Waals surface area contributed by atoms with E-state index < -0.39 is 10.0 Å². The second-order valence-corrected chi connectivity index (χ2v) is 7.41. The van der Waals surface area contributed by atoms with E-state index in [9.17, 15) is 13.2 Å². The Labute approximate surface area is 147 Å². The number of rotatable bonds is 7. The Morgan fingerprint density at radius 1 is 1.12 bits per heavy atom. The van der Waals surface area contributed by atoms with Crippen molar-refractivity contribution in [3.8, 4) is 0 Å². The van der Waals surface area contributed by atoms with Crippen LogP contribution in [0.5, 0.6) is 0 Å². The van der Waals surface area contributed by atoms with Crippen LogP contribution in [-0.2, 0) is 21.2 Å². The third kappa shape index (κ3) is 5.33. The molecule has 0 unspecified atom stereocenters. The summed E-state index contributed by atoms with van der Waals surface area (Å²) in [6.07, 6.45) is 0.967. The number of halogens is 1. The molecule has 128 valence electrons. The Morgan fingerprint density at radius 2 is 1.83 bits per heavy atom. The molecule has 0 aliphatic carbocycles. The molecule has 0 heterocycles. The van der Waals surface area contributed by atoms with Gasteiger partial charge in [-0.05, 0) is 42.3 Å². The summed E-state index contributed by atoms with van der Waals surface area (Å²) in [5.74, 6) is -0.256. The number of hydrogen-bond donors (Lipinski definition) is 2. The number of benzene rings is 2. The molecule has 0 aliphatic heterocycles. The van der Waals surface area contributed by atoms with Crippen LogP contribution >= 0.6 is 11.6 Å². The molecule has 2 aromatic carbocycles. The van der Waals surface area contributed by atoms with Gasteiger partial charge in [0.2, 0.25) is 15.9 Å². The van der Waals surface area contributed by atoms with Crippen molar-refractivity contribution in [1.29, 1.82) is 0 Å². The van der Waals surface area contributed by atoms with Crippen LogP contribution in [0.3, 0.4) is 0 Å². The smallest absolute Gasteiger partial charge is 0.240 e. The third-order valence-corrected chi connectivity index (χ3v) is 5.09. The van der Waals surface area contributed by atoms with E-state index >= 15 is 0 Å². The minimum absolute atomic E-state index is 0.00766. The van der Waals surface area contributed by atoms with Gasteiger partial charge in [-0.3, -0.25) is 4.79 Å². The standard InChI is InChI=1S/C17H19ClN2O3S/c1-2-13-6-8-15(9-7-13)20-17(21)10-11-19-24(22,23)16-5-3-4-14(18)12-16/h3-9,12,19H,2,10-11H2,1H3,(H,20,21). The molecular weight excluding hydrogens is 348 g/mol. The molecule has 0 radical (unpaired) electrons. The third-order valence-electron chi connectivity index (χ3n) is 3.40. The van der Waals surface area contributed by atoms with Crippen molar-refractivity contribution in [2.24, 2.45) is 0 Å². The molecule has 2 N–H and O–H groups in total. The van der Waals surface area contributed by atoms with Crippen molar-refractivity contribution in [2.75, 3.05) is 11.9 Å². The molecule has 0 saturated heterocycles. The van der Waals surface area contributed by atoms with Crippen LogP contribution in [0.4, 0.5) is 5.69 Å². The van der Waals surface area contributed by atoms with Crippen LogP contribution in [0.2, 0.25) is 5.02 Å². The van der Waals surface area contributed by atoms with E-state index in [1.807, 2.05) is 24.3 Å². The fourth-order valence-electron chi connectivity index (χ4n) is 2.06. The number of carbonyl (C=O) groups excluding carboxylic acids is 1. The largest absolute Gasteiger partial charge is 0.326 e. The SMILES string of the molecule is CCc1ccc(NC(=O)CCNS(=O)(=O)c2cccc(Cl)c2)cc1. The lowest BCUT2D eigenvalue weighted by molar-refractivity contribution is -0.116. The maximum absolute atomic E-state index is 12.1.